The fraction of sp³-hybridized carbons (Fsp3) is 0.375. The SMILES string of the molecule is CC(C)c1nc(Br)cc(-c2cccc3c2OCCC3)n1. The number of nitrogens with zero attached hydrogens (tertiary/aromatic N) is 2. The Bertz CT molecular complexity index is 640. The van der Waals surface area contributed by atoms with E-state index < -0.39 is 0 Å². The maximum atomic E-state index is 5.87. The molecule has 0 atom stereocenters. The number of aryl methyl sites for hydroxylation is 1. The zero-order valence-electron chi connectivity index (χ0n) is 11.7. The van der Waals surface area contributed by atoms with Gasteiger partial charge in [0, 0.05) is 11.5 Å². The zero-order chi connectivity index (χ0) is 14.1. The predicted octanol–water partition coefficient (Wildman–Crippen LogP) is 4.35. The number of aromatic nitrogens is 2. The first kappa shape index (κ1) is 13.6. The third kappa shape index (κ3) is 2.57. The summed E-state index contributed by atoms with van der Waals surface area (Å²) in [6.07, 6.45) is 2.16. The number of fused-ring (bicyclic) bond motifs is 1. The van der Waals surface area contributed by atoms with Gasteiger partial charge in [0.2, 0.25) is 0 Å². The topological polar surface area (TPSA) is 35.0 Å². The molecule has 3 rings (SSSR count). The van der Waals surface area contributed by atoms with Crippen molar-refractivity contribution in [3.05, 3.63) is 40.3 Å². The van der Waals surface area contributed by atoms with Gasteiger partial charge in [-0.2, -0.15) is 0 Å². The van der Waals surface area contributed by atoms with Crippen LogP contribution in [0.1, 0.15) is 37.6 Å². The second-order valence-corrected chi connectivity index (χ2v) is 6.15. The van der Waals surface area contributed by atoms with Crippen molar-refractivity contribution in [2.24, 2.45) is 0 Å². The third-order valence-corrected chi connectivity index (χ3v) is 3.84. The molecular weight excluding hydrogens is 316 g/mol. The average molecular weight is 333 g/mol. The van der Waals surface area contributed by atoms with E-state index in [9.17, 15) is 0 Å². The third-order valence-electron chi connectivity index (χ3n) is 3.44. The first-order valence-electron chi connectivity index (χ1n) is 6.94. The molecule has 20 heavy (non-hydrogen) atoms. The summed E-state index contributed by atoms with van der Waals surface area (Å²) in [7, 11) is 0. The highest BCUT2D eigenvalue weighted by molar-refractivity contribution is 9.10. The zero-order valence-corrected chi connectivity index (χ0v) is 13.3. The van der Waals surface area contributed by atoms with E-state index in [0.717, 1.165) is 46.9 Å². The fourth-order valence-electron chi connectivity index (χ4n) is 2.42. The van der Waals surface area contributed by atoms with Crippen LogP contribution in [0.25, 0.3) is 11.3 Å². The van der Waals surface area contributed by atoms with Crippen molar-refractivity contribution in [1.82, 2.24) is 9.97 Å². The molecule has 1 aliphatic heterocycles. The molecular formula is C16H17BrN2O. The lowest BCUT2D eigenvalue weighted by atomic mass is 10.0. The van der Waals surface area contributed by atoms with Crippen molar-refractivity contribution in [2.75, 3.05) is 6.61 Å². The second kappa shape index (κ2) is 5.52. The summed E-state index contributed by atoms with van der Waals surface area (Å²) >= 11 is 3.48. The minimum absolute atomic E-state index is 0.298. The largest absolute Gasteiger partial charge is 0.493 e. The number of hydrogen-bond donors (Lipinski definition) is 0. The fourth-order valence-corrected chi connectivity index (χ4v) is 2.82. The quantitative estimate of drug-likeness (QED) is 0.766. The van der Waals surface area contributed by atoms with Gasteiger partial charge in [0.25, 0.3) is 0 Å². The molecule has 1 aliphatic rings. The number of rotatable bonds is 2. The maximum Gasteiger partial charge on any atom is 0.132 e. The monoisotopic (exact) mass is 332 g/mol. The van der Waals surface area contributed by atoms with E-state index >= 15 is 0 Å². The van der Waals surface area contributed by atoms with Gasteiger partial charge in [-0.1, -0.05) is 26.0 Å². The summed E-state index contributed by atoms with van der Waals surface area (Å²) in [5.41, 5.74) is 3.26. The van der Waals surface area contributed by atoms with Crippen LogP contribution in [0.5, 0.6) is 5.75 Å². The van der Waals surface area contributed by atoms with Crippen molar-refractivity contribution in [3.8, 4) is 17.0 Å². The summed E-state index contributed by atoms with van der Waals surface area (Å²) in [6, 6.07) is 8.24. The lowest BCUT2D eigenvalue weighted by Crippen LogP contribution is -2.10. The van der Waals surface area contributed by atoms with Crippen LogP contribution in [0.2, 0.25) is 0 Å². The molecule has 2 heterocycles. The summed E-state index contributed by atoms with van der Waals surface area (Å²) in [6.45, 7) is 4.98. The van der Waals surface area contributed by atoms with Crippen molar-refractivity contribution >= 4 is 15.9 Å². The Morgan fingerprint density at radius 2 is 2.10 bits per heavy atom. The minimum Gasteiger partial charge on any atom is -0.493 e. The Hall–Kier alpha value is -1.42. The van der Waals surface area contributed by atoms with Crippen LogP contribution < -0.4 is 4.74 Å². The highest BCUT2D eigenvalue weighted by Crippen LogP contribution is 2.36. The van der Waals surface area contributed by atoms with Crippen LogP contribution in [0, 0.1) is 0 Å². The van der Waals surface area contributed by atoms with Crippen molar-refractivity contribution in [3.63, 3.8) is 0 Å². The Balaban J connectivity index is 2.14. The van der Waals surface area contributed by atoms with Gasteiger partial charge in [0.1, 0.15) is 16.2 Å². The molecule has 0 unspecified atom stereocenters. The summed E-state index contributed by atoms with van der Waals surface area (Å²) in [4.78, 5) is 9.13. The van der Waals surface area contributed by atoms with E-state index in [1.807, 2.05) is 6.07 Å². The molecule has 2 aromatic rings. The maximum absolute atomic E-state index is 5.87. The molecule has 0 bridgehead atoms. The minimum atomic E-state index is 0.298. The average Bonchev–Trinajstić information content (AvgIpc) is 2.46. The molecule has 0 amide bonds. The molecule has 1 aromatic carbocycles. The second-order valence-electron chi connectivity index (χ2n) is 5.33. The Kier molecular flexibility index (Phi) is 3.74. The van der Waals surface area contributed by atoms with Crippen LogP contribution in [-0.2, 0) is 6.42 Å². The lowest BCUT2D eigenvalue weighted by molar-refractivity contribution is 0.289. The van der Waals surface area contributed by atoms with Crippen LogP contribution in [0.3, 0.4) is 0 Å². The van der Waals surface area contributed by atoms with E-state index in [-0.39, 0.29) is 0 Å². The molecule has 3 nitrogen and oxygen atoms in total. The predicted molar refractivity (Wildman–Crippen MR) is 83.1 cm³/mol. The van der Waals surface area contributed by atoms with Gasteiger partial charge in [0.05, 0.1) is 12.3 Å². The molecule has 0 spiro atoms. The summed E-state index contributed by atoms with van der Waals surface area (Å²) < 4.78 is 6.69. The highest BCUT2D eigenvalue weighted by atomic mass is 79.9. The van der Waals surface area contributed by atoms with E-state index in [1.54, 1.807) is 0 Å². The molecule has 0 aliphatic carbocycles. The van der Waals surface area contributed by atoms with Gasteiger partial charge in [-0.05, 0) is 46.5 Å². The summed E-state index contributed by atoms with van der Waals surface area (Å²) in [5.74, 6) is 2.13. The van der Waals surface area contributed by atoms with Crippen LogP contribution in [-0.4, -0.2) is 16.6 Å². The number of benzene rings is 1. The lowest BCUT2D eigenvalue weighted by Gasteiger charge is -2.20. The van der Waals surface area contributed by atoms with E-state index in [4.69, 9.17) is 9.72 Å². The van der Waals surface area contributed by atoms with Gasteiger partial charge in [-0.25, -0.2) is 9.97 Å². The number of para-hydroxylation sites is 1. The summed E-state index contributed by atoms with van der Waals surface area (Å²) in [5, 5.41) is 0. The highest BCUT2D eigenvalue weighted by Gasteiger charge is 2.17. The Labute approximate surface area is 127 Å². The van der Waals surface area contributed by atoms with Crippen molar-refractivity contribution in [1.29, 1.82) is 0 Å². The van der Waals surface area contributed by atoms with E-state index in [1.165, 1.54) is 5.56 Å². The van der Waals surface area contributed by atoms with Crippen LogP contribution in [0.15, 0.2) is 28.9 Å². The molecule has 0 fully saturated rings. The first-order chi connectivity index (χ1) is 9.65. The van der Waals surface area contributed by atoms with Crippen molar-refractivity contribution < 1.29 is 4.74 Å². The Morgan fingerprint density at radius 3 is 2.90 bits per heavy atom. The van der Waals surface area contributed by atoms with E-state index in [0.29, 0.717) is 5.92 Å². The van der Waals surface area contributed by atoms with Crippen molar-refractivity contribution in [2.45, 2.75) is 32.6 Å². The van der Waals surface area contributed by atoms with Gasteiger partial charge in [0.15, 0.2) is 0 Å². The Morgan fingerprint density at radius 1 is 1.25 bits per heavy atom. The molecule has 104 valence electrons. The molecule has 0 saturated heterocycles. The van der Waals surface area contributed by atoms with Gasteiger partial charge >= 0.3 is 0 Å². The molecule has 0 N–H and O–H groups in total. The number of halogens is 1. The normalized spacial score (nSPS) is 14.0. The number of ether oxygens (including phenoxy) is 1. The van der Waals surface area contributed by atoms with Gasteiger partial charge < -0.3 is 4.74 Å². The van der Waals surface area contributed by atoms with Gasteiger partial charge in [-0.3, -0.25) is 0 Å². The smallest absolute Gasteiger partial charge is 0.132 e. The van der Waals surface area contributed by atoms with E-state index in [2.05, 4.69) is 53.0 Å². The van der Waals surface area contributed by atoms with Crippen LogP contribution >= 0.6 is 15.9 Å². The first-order valence-corrected chi connectivity index (χ1v) is 7.74. The molecule has 0 radical (unpaired) electrons. The molecule has 0 saturated carbocycles. The van der Waals surface area contributed by atoms with Crippen LogP contribution in [0.4, 0.5) is 0 Å². The molecule has 4 heteroatoms. The standard InChI is InChI=1S/C16H17BrN2O/c1-10(2)16-18-13(9-14(17)19-16)12-7-3-5-11-6-4-8-20-15(11)12/h3,5,7,9-10H,4,6,8H2,1-2H3. The molecule has 1 aromatic heterocycles. The number of hydrogen-bond acceptors (Lipinski definition) is 3. The van der Waals surface area contributed by atoms with Gasteiger partial charge in [-0.15, -0.1) is 0 Å².